The van der Waals surface area contributed by atoms with Crippen molar-refractivity contribution in [2.24, 2.45) is 0 Å². The van der Waals surface area contributed by atoms with E-state index in [1.165, 1.54) is 0 Å². The monoisotopic (exact) mass is 308 g/mol. The summed E-state index contributed by atoms with van der Waals surface area (Å²) >= 11 is 6.05. The van der Waals surface area contributed by atoms with E-state index >= 15 is 0 Å². The van der Waals surface area contributed by atoms with Gasteiger partial charge in [-0.3, -0.25) is 4.79 Å². The average molecular weight is 309 g/mol. The van der Waals surface area contributed by atoms with E-state index in [2.05, 4.69) is 19.2 Å². The maximum absolute atomic E-state index is 13.0. The van der Waals surface area contributed by atoms with E-state index in [1.54, 1.807) is 0 Å². The molecule has 1 fully saturated rings. The van der Waals surface area contributed by atoms with Gasteiger partial charge >= 0.3 is 0 Å². The Bertz CT molecular complexity index is 495. The van der Waals surface area contributed by atoms with Gasteiger partial charge in [0.15, 0.2) is 0 Å². The fourth-order valence-electron chi connectivity index (χ4n) is 2.88. The van der Waals surface area contributed by atoms with Gasteiger partial charge in [-0.05, 0) is 64.3 Å². The lowest BCUT2D eigenvalue weighted by Gasteiger charge is -2.39. The van der Waals surface area contributed by atoms with Crippen LogP contribution in [0.1, 0.15) is 45.6 Å². The molecule has 0 aliphatic carbocycles. The first kappa shape index (κ1) is 16.3. The van der Waals surface area contributed by atoms with E-state index in [4.69, 9.17) is 11.6 Å². The second kappa shape index (κ2) is 6.80. The highest BCUT2D eigenvalue weighted by Gasteiger charge is 2.38. The highest BCUT2D eigenvalue weighted by atomic mass is 35.5. The molecule has 0 spiro atoms. The van der Waals surface area contributed by atoms with E-state index in [-0.39, 0.29) is 11.9 Å². The molecule has 0 radical (unpaired) electrons. The molecule has 1 saturated heterocycles. The van der Waals surface area contributed by atoms with E-state index in [9.17, 15) is 4.79 Å². The number of carbonyl (C=O) groups excluding carboxylic acids is 1. The Labute approximate surface area is 132 Å². The lowest BCUT2D eigenvalue weighted by molar-refractivity contribution is -0.141. The van der Waals surface area contributed by atoms with E-state index < -0.39 is 5.54 Å². The molecule has 0 aromatic heterocycles. The first-order valence-electron chi connectivity index (χ1n) is 7.73. The first-order chi connectivity index (χ1) is 9.92. The van der Waals surface area contributed by atoms with Crippen molar-refractivity contribution in [3.8, 4) is 0 Å². The molecule has 1 unspecified atom stereocenters. The molecular formula is C17H25ClN2O. The Kier molecular flexibility index (Phi) is 5.28. The van der Waals surface area contributed by atoms with Crippen LogP contribution in [0.15, 0.2) is 24.3 Å². The molecule has 0 saturated carbocycles. The minimum absolute atomic E-state index is 0.164. The molecule has 0 bridgehead atoms. The molecular weight excluding hydrogens is 284 g/mol. The molecule has 1 atom stereocenters. The van der Waals surface area contributed by atoms with Crippen LogP contribution in [-0.2, 0) is 11.3 Å². The number of piperidine rings is 1. The van der Waals surface area contributed by atoms with Crippen LogP contribution in [0.4, 0.5) is 0 Å². The molecule has 2 rings (SSSR count). The number of hydrogen-bond acceptors (Lipinski definition) is 2. The van der Waals surface area contributed by atoms with Gasteiger partial charge in [0.25, 0.3) is 0 Å². The molecule has 4 heteroatoms. The molecule has 1 aromatic rings. The maximum atomic E-state index is 13.0. The maximum Gasteiger partial charge on any atom is 0.243 e. The minimum atomic E-state index is -0.429. The fourth-order valence-corrected chi connectivity index (χ4v) is 3.09. The Morgan fingerprint density at radius 1 is 1.43 bits per heavy atom. The van der Waals surface area contributed by atoms with Gasteiger partial charge in [0, 0.05) is 17.6 Å². The van der Waals surface area contributed by atoms with E-state index in [1.807, 2.05) is 36.1 Å². The molecule has 1 amide bonds. The van der Waals surface area contributed by atoms with Crippen molar-refractivity contribution in [1.29, 1.82) is 0 Å². The normalized spacial score (nSPS) is 22.3. The molecule has 1 heterocycles. The van der Waals surface area contributed by atoms with Crippen LogP contribution >= 0.6 is 11.6 Å². The predicted octanol–water partition coefficient (Wildman–Crippen LogP) is 3.61. The summed E-state index contributed by atoms with van der Waals surface area (Å²) in [4.78, 5) is 14.9. The Hall–Kier alpha value is -1.06. The molecule has 1 aliphatic rings. The third-order valence-corrected chi connectivity index (χ3v) is 4.45. The summed E-state index contributed by atoms with van der Waals surface area (Å²) in [5.41, 5.74) is 0.644. The third-order valence-electron chi connectivity index (χ3n) is 4.22. The highest BCUT2D eigenvalue weighted by molar-refractivity contribution is 6.30. The quantitative estimate of drug-likeness (QED) is 0.921. The van der Waals surface area contributed by atoms with Gasteiger partial charge in [-0.15, -0.1) is 0 Å². The second-order valence-electron chi connectivity index (χ2n) is 6.37. The average Bonchev–Trinajstić information content (AvgIpc) is 2.44. The van der Waals surface area contributed by atoms with Crippen molar-refractivity contribution in [3.63, 3.8) is 0 Å². The summed E-state index contributed by atoms with van der Waals surface area (Å²) in [5.74, 6) is 0.192. The minimum Gasteiger partial charge on any atom is -0.334 e. The Morgan fingerprint density at radius 3 is 2.76 bits per heavy atom. The van der Waals surface area contributed by atoms with Crippen LogP contribution in [0, 0.1) is 0 Å². The van der Waals surface area contributed by atoms with Crippen LogP contribution in [-0.4, -0.2) is 28.9 Å². The van der Waals surface area contributed by atoms with Crippen LogP contribution in [0.5, 0.6) is 0 Å². The first-order valence-corrected chi connectivity index (χ1v) is 8.11. The van der Waals surface area contributed by atoms with Gasteiger partial charge in [-0.2, -0.15) is 0 Å². The zero-order valence-electron chi connectivity index (χ0n) is 13.2. The zero-order valence-corrected chi connectivity index (χ0v) is 13.9. The number of nitrogens with zero attached hydrogens (tertiary/aromatic N) is 1. The number of amides is 1. The van der Waals surface area contributed by atoms with Gasteiger partial charge in [-0.25, -0.2) is 0 Å². The van der Waals surface area contributed by atoms with Gasteiger partial charge in [0.2, 0.25) is 5.91 Å². The third kappa shape index (κ3) is 3.98. The molecule has 1 aliphatic heterocycles. The van der Waals surface area contributed by atoms with Gasteiger partial charge in [-0.1, -0.05) is 23.7 Å². The van der Waals surface area contributed by atoms with Crippen molar-refractivity contribution in [1.82, 2.24) is 10.2 Å². The van der Waals surface area contributed by atoms with Crippen molar-refractivity contribution in [3.05, 3.63) is 34.9 Å². The second-order valence-corrected chi connectivity index (χ2v) is 6.81. The fraction of sp³-hybridized carbons (Fsp3) is 0.588. The lowest BCUT2D eigenvalue weighted by Crippen LogP contribution is -2.59. The van der Waals surface area contributed by atoms with E-state index in [0.717, 1.165) is 31.4 Å². The number of benzene rings is 1. The molecule has 3 nitrogen and oxygen atoms in total. The summed E-state index contributed by atoms with van der Waals surface area (Å²) in [6, 6.07) is 7.90. The summed E-state index contributed by atoms with van der Waals surface area (Å²) < 4.78 is 0. The number of halogens is 1. The van der Waals surface area contributed by atoms with Gasteiger partial charge in [0.1, 0.15) is 0 Å². The predicted molar refractivity (Wildman–Crippen MR) is 87.4 cm³/mol. The summed E-state index contributed by atoms with van der Waals surface area (Å²) in [6.45, 7) is 7.69. The van der Waals surface area contributed by atoms with Crippen LogP contribution in [0.3, 0.4) is 0 Å². The summed E-state index contributed by atoms with van der Waals surface area (Å²) in [6.07, 6.45) is 3.17. The number of rotatable bonds is 4. The van der Waals surface area contributed by atoms with Crippen molar-refractivity contribution in [2.45, 2.75) is 58.2 Å². The van der Waals surface area contributed by atoms with Crippen LogP contribution in [0.25, 0.3) is 0 Å². The largest absolute Gasteiger partial charge is 0.334 e. The summed E-state index contributed by atoms with van der Waals surface area (Å²) in [5, 5.41) is 4.12. The molecule has 21 heavy (non-hydrogen) atoms. The van der Waals surface area contributed by atoms with Crippen molar-refractivity contribution >= 4 is 17.5 Å². The van der Waals surface area contributed by atoms with Gasteiger partial charge in [0.05, 0.1) is 5.54 Å². The summed E-state index contributed by atoms with van der Waals surface area (Å²) in [7, 11) is 0. The highest BCUT2D eigenvalue weighted by Crippen LogP contribution is 2.24. The van der Waals surface area contributed by atoms with Gasteiger partial charge < -0.3 is 10.2 Å². The van der Waals surface area contributed by atoms with Crippen molar-refractivity contribution in [2.75, 3.05) is 6.54 Å². The topological polar surface area (TPSA) is 32.3 Å². The smallest absolute Gasteiger partial charge is 0.243 e. The van der Waals surface area contributed by atoms with Crippen molar-refractivity contribution < 1.29 is 4.79 Å². The van der Waals surface area contributed by atoms with Crippen LogP contribution in [0.2, 0.25) is 5.02 Å². The van der Waals surface area contributed by atoms with E-state index in [0.29, 0.717) is 11.6 Å². The Balaban J connectivity index is 2.16. The Morgan fingerprint density at radius 2 is 2.19 bits per heavy atom. The molecule has 1 aromatic carbocycles. The lowest BCUT2D eigenvalue weighted by atomic mass is 9.89. The number of carbonyl (C=O) groups is 1. The molecule has 1 N–H and O–H groups in total. The number of hydrogen-bond donors (Lipinski definition) is 1. The molecule has 116 valence electrons. The number of nitrogens with one attached hydrogen (secondary N) is 1. The standard InChI is InChI=1S/C17H25ClN2O/c1-13(2)20(12-14-7-6-8-15(18)11-14)16(21)17(3)9-4-5-10-19-17/h6-8,11,13,19H,4-5,9-10,12H2,1-3H3. The zero-order chi connectivity index (χ0) is 15.5. The SMILES string of the molecule is CC(C)N(Cc1cccc(Cl)c1)C(=O)C1(C)CCCCN1. The van der Waals surface area contributed by atoms with Crippen LogP contribution < -0.4 is 5.32 Å².